The Morgan fingerprint density at radius 2 is 2.00 bits per heavy atom. The van der Waals surface area contributed by atoms with Crippen LogP contribution in [0.1, 0.15) is 24.9 Å². The minimum Gasteiger partial charge on any atom is -0.391 e. The molecule has 0 fully saturated rings. The Morgan fingerprint density at radius 1 is 1.40 bits per heavy atom. The number of aliphatic hydroxyl groups is 1. The highest BCUT2D eigenvalue weighted by Crippen LogP contribution is 2.30. The third-order valence-electron chi connectivity index (χ3n) is 2.17. The van der Waals surface area contributed by atoms with Gasteiger partial charge in [-0.2, -0.15) is 0 Å². The van der Waals surface area contributed by atoms with E-state index in [9.17, 15) is 5.11 Å². The molecule has 1 aromatic carbocycles. The van der Waals surface area contributed by atoms with Gasteiger partial charge >= 0.3 is 0 Å². The van der Waals surface area contributed by atoms with Crippen LogP contribution in [0.4, 0.5) is 0 Å². The van der Waals surface area contributed by atoms with Crippen LogP contribution in [0.5, 0.6) is 0 Å². The van der Waals surface area contributed by atoms with Gasteiger partial charge in [-0.15, -0.1) is 12.4 Å². The van der Waals surface area contributed by atoms with Gasteiger partial charge < -0.3 is 10.8 Å². The molecule has 0 spiro atoms. The zero-order valence-electron chi connectivity index (χ0n) is 8.28. The SMILES string of the molecule is CC[C@H](O)[C@H](N)c1cccc(Cl)c1Cl.Cl. The first-order valence-corrected chi connectivity index (χ1v) is 5.21. The summed E-state index contributed by atoms with van der Waals surface area (Å²) in [6.45, 7) is 1.86. The van der Waals surface area contributed by atoms with Crippen LogP contribution in [0.15, 0.2) is 18.2 Å². The fourth-order valence-electron chi connectivity index (χ4n) is 1.24. The largest absolute Gasteiger partial charge is 0.391 e. The van der Waals surface area contributed by atoms with Crippen LogP contribution in [0.2, 0.25) is 10.0 Å². The van der Waals surface area contributed by atoms with E-state index in [0.717, 1.165) is 0 Å². The Bertz CT molecular complexity index is 320. The molecular weight excluding hydrogens is 256 g/mol. The molecule has 15 heavy (non-hydrogen) atoms. The van der Waals surface area contributed by atoms with E-state index in [4.69, 9.17) is 28.9 Å². The van der Waals surface area contributed by atoms with E-state index in [2.05, 4.69) is 0 Å². The molecule has 2 nitrogen and oxygen atoms in total. The summed E-state index contributed by atoms with van der Waals surface area (Å²) in [5.74, 6) is 0. The van der Waals surface area contributed by atoms with Crippen molar-refractivity contribution in [2.45, 2.75) is 25.5 Å². The van der Waals surface area contributed by atoms with Crippen molar-refractivity contribution < 1.29 is 5.11 Å². The van der Waals surface area contributed by atoms with E-state index < -0.39 is 12.1 Å². The highest BCUT2D eigenvalue weighted by atomic mass is 35.5. The van der Waals surface area contributed by atoms with Crippen LogP contribution in [0.25, 0.3) is 0 Å². The van der Waals surface area contributed by atoms with Crippen molar-refractivity contribution in [3.8, 4) is 0 Å². The molecule has 5 heteroatoms. The van der Waals surface area contributed by atoms with Gasteiger partial charge in [0.15, 0.2) is 0 Å². The molecule has 0 amide bonds. The molecule has 0 aromatic heterocycles. The van der Waals surface area contributed by atoms with Gasteiger partial charge in [0, 0.05) is 0 Å². The van der Waals surface area contributed by atoms with Crippen LogP contribution in [-0.2, 0) is 0 Å². The molecule has 0 aliphatic heterocycles. The lowest BCUT2D eigenvalue weighted by Gasteiger charge is -2.19. The molecule has 1 aromatic rings. The summed E-state index contributed by atoms with van der Waals surface area (Å²) in [5, 5.41) is 10.5. The molecule has 0 radical (unpaired) electrons. The van der Waals surface area contributed by atoms with Gasteiger partial charge in [-0.3, -0.25) is 0 Å². The minimum absolute atomic E-state index is 0. The smallest absolute Gasteiger partial charge is 0.0730 e. The third-order valence-corrected chi connectivity index (χ3v) is 3.01. The third kappa shape index (κ3) is 3.51. The summed E-state index contributed by atoms with van der Waals surface area (Å²) in [6, 6.07) is 4.76. The molecule has 0 aliphatic rings. The number of halogens is 3. The zero-order chi connectivity index (χ0) is 10.7. The topological polar surface area (TPSA) is 46.2 Å². The summed E-state index contributed by atoms with van der Waals surface area (Å²) < 4.78 is 0. The molecule has 0 heterocycles. The molecule has 0 aliphatic carbocycles. The summed E-state index contributed by atoms with van der Waals surface area (Å²) in [7, 11) is 0. The second-order valence-corrected chi connectivity index (χ2v) is 3.93. The first kappa shape index (κ1) is 15.0. The number of benzene rings is 1. The molecule has 0 bridgehead atoms. The van der Waals surface area contributed by atoms with Gasteiger partial charge in [-0.1, -0.05) is 42.3 Å². The molecule has 0 saturated heterocycles. The normalized spacial score (nSPS) is 14.2. The molecular formula is C10H14Cl3NO. The lowest BCUT2D eigenvalue weighted by atomic mass is 10.0. The highest BCUT2D eigenvalue weighted by molar-refractivity contribution is 6.42. The average Bonchev–Trinajstić information content (AvgIpc) is 2.20. The van der Waals surface area contributed by atoms with Gasteiger partial charge in [-0.25, -0.2) is 0 Å². The van der Waals surface area contributed by atoms with Gasteiger partial charge in [0.1, 0.15) is 0 Å². The summed E-state index contributed by atoms with van der Waals surface area (Å²) in [5.41, 5.74) is 6.51. The number of hydrogen-bond donors (Lipinski definition) is 2. The average molecular weight is 271 g/mol. The van der Waals surface area contributed by atoms with Crippen LogP contribution >= 0.6 is 35.6 Å². The predicted octanol–water partition coefficient (Wildman–Crippen LogP) is 3.19. The Labute approximate surface area is 106 Å². The highest BCUT2D eigenvalue weighted by Gasteiger charge is 2.18. The maximum absolute atomic E-state index is 9.57. The number of rotatable bonds is 3. The van der Waals surface area contributed by atoms with Crippen molar-refractivity contribution in [3.63, 3.8) is 0 Å². The molecule has 1 rings (SSSR count). The Morgan fingerprint density at radius 3 is 2.53 bits per heavy atom. The lowest BCUT2D eigenvalue weighted by Crippen LogP contribution is -2.25. The van der Waals surface area contributed by atoms with E-state index >= 15 is 0 Å². The van der Waals surface area contributed by atoms with Gasteiger partial charge in [0.25, 0.3) is 0 Å². The van der Waals surface area contributed by atoms with E-state index in [1.165, 1.54) is 0 Å². The molecule has 0 unspecified atom stereocenters. The van der Waals surface area contributed by atoms with Crippen molar-refractivity contribution >= 4 is 35.6 Å². The minimum atomic E-state index is -0.592. The first-order valence-electron chi connectivity index (χ1n) is 4.45. The molecule has 0 saturated carbocycles. The second-order valence-electron chi connectivity index (χ2n) is 3.14. The Hall–Kier alpha value is 0.01000. The van der Waals surface area contributed by atoms with Crippen LogP contribution in [-0.4, -0.2) is 11.2 Å². The maximum Gasteiger partial charge on any atom is 0.0730 e. The quantitative estimate of drug-likeness (QED) is 0.886. The zero-order valence-corrected chi connectivity index (χ0v) is 10.6. The first-order chi connectivity index (χ1) is 6.57. The predicted molar refractivity (Wildman–Crippen MR) is 66.9 cm³/mol. The van der Waals surface area contributed by atoms with Crippen molar-refractivity contribution in [1.82, 2.24) is 0 Å². The lowest BCUT2D eigenvalue weighted by molar-refractivity contribution is 0.141. The fourth-order valence-corrected chi connectivity index (χ4v) is 1.67. The Balaban J connectivity index is 0.00000196. The fraction of sp³-hybridized carbons (Fsp3) is 0.400. The summed E-state index contributed by atoms with van der Waals surface area (Å²) in [4.78, 5) is 0. The molecule has 2 atom stereocenters. The standard InChI is InChI=1S/C10H13Cl2NO.ClH/c1-2-8(14)10(13)6-4-3-5-7(11)9(6)12;/h3-5,8,10,14H,2,13H2,1H3;1H/t8-,10+;/m0./s1. The van der Waals surface area contributed by atoms with Crippen molar-refractivity contribution in [1.29, 1.82) is 0 Å². The van der Waals surface area contributed by atoms with Gasteiger partial charge in [0.2, 0.25) is 0 Å². The summed E-state index contributed by atoms with van der Waals surface area (Å²) >= 11 is 11.8. The maximum atomic E-state index is 9.57. The Kier molecular flexibility index (Phi) is 6.57. The van der Waals surface area contributed by atoms with E-state index in [0.29, 0.717) is 22.0 Å². The van der Waals surface area contributed by atoms with Gasteiger partial charge in [-0.05, 0) is 18.1 Å². The molecule has 86 valence electrons. The van der Waals surface area contributed by atoms with E-state index in [-0.39, 0.29) is 12.4 Å². The summed E-state index contributed by atoms with van der Waals surface area (Å²) in [6.07, 6.45) is -0.00439. The van der Waals surface area contributed by atoms with E-state index in [1.54, 1.807) is 18.2 Å². The van der Waals surface area contributed by atoms with Crippen molar-refractivity contribution in [3.05, 3.63) is 33.8 Å². The number of hydrogen-bond acceptors (Lipinski definition) is 2. The monoisotopic (exact) mass is 269 g/mol. The van der Waals surface area contributed by atoms with E-state index in [1.807, 2.05) is 6.92 Å². The molecule has 3 N–H and O–H groups in total. The van der Waals surface area contributed by atoms with Crippen LogP contribution in [0, 0.1) is 0 Å². The number of aliphatic hydroxyl groups excluding tert-OH is 1. The van der Waals surface area contributed by atoms with Crippen molar-refractivity contribution in [2.24, 2.45) is 5.73 Å². The van der Waals surface area contributed by atoms with Gasteiger partial charge in [0.05, 0.1) is 22.2 Å². The van der Waals surface area contributed by atoms with Crippen LogP contribution in [0.3, 0.4) is 0 Å². The van der Waals surface area contributed by atoms with Crippen LogP contribution < -0.4 is 5.73 Å². The van der Waals surface area contributed by atoms with Crippen molar-refractivity contribution in [2.75, 3.05) is 0 Å². The second kappa shape index (κ2) is 6.56. The number of nitrogens with two attached hydrogens (primary N) is 1.